The predicted molar refractivity (Wildman–Crippen MR) is 91.2 cm³/mol. The Morgan fingerprint density at radius 2 is 2.16 bits per heavy atom. The summed E-state index contributed by atoms with van der Waals surface area (Å²) in [5.74, 6) is 0.0100. The van der Waals surface area contributed by atoms with E-state index in [9.17, 15) is 9.70 Å². The van der Waals surface area contributed by atoms with Crippen molar-refractivity contribution in [3.05, 3.63) is 58.3 Å². The molecule has 10 heteroatoms. The van der Waals surface area contributed by atoms with Crippen molar-refractivity contribution in [1.29, 1.82) is 0 Å². The summed E-state index contributed by atoms with van der Waals surface area (Å²) in [5, 5.41) is 2.12. The molecular formula is C15H13N6O3S+. The summed E-state index contributed by atoms with van der Waals surface area (Å²) in [5.41, 5.74) is 11.4. The smallest absolute Gasteiger partial charge is 0.453 e. The number of carbonyl (C=O) groups excluding carboxylic acids is 1. The Balaban J connectivity index is 1.71. The van der Waals surface area contributed by atoms with Crippen molar-refractivity contribution in [3.63, 3.8) is 0 Å². The molecule has 0 bridgehead atoms. The number of pyridine rings is 1. The molecule has 25 heavy (non-hydrogen) atoms. The molecule has 3 heterocycles. The Morgan fingerprint density at radius 3 is 2.88 bits per heavy atom. The van der Waals surface area contributed by atoms with Gasteiger partial charge in [0.1, 0.15) is 11.3 Å². The molecule has 0 fully saturated rings. The maximum Gasteiger partial charge on any atom is 0.467 e. The molecule has 0 spiro atoms. The monoisotopic (exact) mass is 357 g/mol. The van der Waals surface area contributed by atoms with Crippen LogP contribution >= 0.6 is 11.3 Å². The van der Waals surface area contributed by atoms with Crippen molar-refractivity contribution in [2.24, 2.45) is 16.5 Å². The van der Waals surface area contributed by atoms with Crippen LogP contribution in [0.2, 0.25) is 0 Å². The molecule has 126 valence electrons. The van der Waals surface area contributed by atoms with E-state index < -0.39 is 5.91 Å². The predicted octanol–water partition coefficient (Wildman–Crippen LogP) is 1.82. The topological polar surface area (TPSA) is 140 Å². The van der Waals surface area contributed by atoms with Crippen molar-refractivity contribution < 1.29 is 14.0 Å². The van der Waals surface area contributed by atoms with Gasteiger partial charge < -0.3 is 15.9 Å². The number of carbonyl (C=O) groups is 1. The van der Waals surface area contributed by atoms with Crippen LogP contribution in [0, 0.1) is 4.91 Å². The van der Waals surface area contributed by atoms with E-state index in [1.807, 2.05) is 0 Å². The van der Waals surface area contributed by atoms with Gasteiger partial charge in [-0.25, -0.2) is 9.78 Å². The Kier molecular flexibility index (Phi) is 4.61. The van der Waals surface area contributed by atoms with Crippen molar-refractivity contribution >= 4 is 28.3 Å². The number of nitroso groups, excluding NO2 is 1. The highest BCUT2D eigenvalue weighted by atomic mass is 32.1. The van der Waals surface area contributed by atoms with Gasteiger partial charge in [-0.15, -0.1) is 11.3 Å². The highest BCUT2D eigenvalue weighted by Crippen LogP contribution is 2.28. The molecule has 9 nitrogen and oxygen atoms in total. The highest BCUT2D eigenvalue weighted by Gasteiger charge is 2.26. The minimum absolute atomic E-state index is 0.0862. The summed E-state index contributed by atoms with van der Waals surface area (Å²) >= 11 is 1.25. The SMILES string of the molecule is NC(N)=Nc1nc(-c2ccc(C[N+](=O)C(=O)c3cccnc3)o2)cs1. The van der Waals surface area contributed by atoms with E-state index in [-0.39, 0.29) is 18.1 Å². The van der Waals surface area contributed by atoms with E-state index in [0.717, 1.165) is 0 Å². The maximum atomic E-state index is 12.0. The van der Waals surface area contributed by atoms with Gasteiger partial charge >= 0.3 is 5.91 Å². The zero-order chi connectivity index (χ0) is 17.8. The number of amides is 1. The van der Waals surface area contributed by atoms with E-state index in [1.54, 1.807) is 23.6 Å². The van der Waals surface area contributed by atoms with Crippen LogP contribution in [0.15, 0.2) is 51.4 Å². The molecule has 0 radical (unpaired) electrons. The van der Waals surface area contributed by atoms with Gasteiger partial charge in [-0.05, 0) is 24.3 Å². The minimum Gasteiger partial charge on any atom is -0.453 e. The molecule has 0 unspecified atom stereocenters. The Labute approximate surface area is 145 Å². The first-order chi connectivity index (χ1) is 12.0. The normalized spacial score (nSPS) is 10.4. The number of aliphatic imine (C=N–C) groups is 1. The van der Waals surface area contributed by atoms with Crippen LogP contribution in [0.5, 0.6) is 0 Å². The first-order valence-corrected chi connectivity index (χ1v) is 7.94. The van der Waals surface area contributed by atoms with Crippen LogP contribution in [-0.4, -0.2) is 26.6 Å². The van der Waals surface area contributed by atoms with E-state index in [2.05, 4.69) is 15.0 Å². The molecule has 0 aliphatic carbocycles. The Hall–Kier alpha value is -3.40. The molecule has 4 N–H and O–H groups in total. The number of nitrogens with zero attached hydrogens (tertiary/aromatic N) is 4. The summed E-state index contributed by atoms with van der Waals surface area (Å²) in [6.45, 7) is -0.224. The fourth-order valence-corrected chi connectivity index (χ4v) is 2.68. The summed E-state index contributed by atoms with van der Waals surface area (Å²) < 4.78 is 5.88. The summed E-state index contributed by atoms with van der Waals surface area (Å²) in [6, 6.07) is 6.37. The zero-order valence-corrected chi connectivity index (χ0v) is 13.6. The first-order valence-electron chi connectivity index (χ1n) is 7.06. The molecule has 0 aliphatic rings. The molecule has 3 aromatic heterocycles. The third-order valence-electron chi connectivity index (χ3n) is 3.07. The lowest BCUT2D eigenvalue weighted by atomic mass is 10.2. The van der Waals surface area contributed by atoms with Crippen molar-refractivity contribution in [3.8, 4) is 11.5 Å². The average Bonchev–Trinajstić information content (AvgIpc) is 3.23. The molecule has 0 saturated carbocycles. The highest BCUT2D eigenvalue weighted by molar-refractivity contribution is 7.13. The second-order valence-corrected chi connectivity index (χ2v) is 5.74. The molecule has 0 atom stereocenters. The zero-order valence-electron chi connectivity index (χ0n) is 12.8. The quantitative estimate of drug-likeness (QED) is 0.403. The van der Waals surface area contributed by atoms with Gasteiger partial charge in [-0.3, -0.25) is 4.98 Å². The Bertz CT molecular complexity index is 943. The van der Waals surface area contributed by atoms with E-state index in [1.165, 1.54) is 29.8 Å². The number of hydrogen-bond donors (Lipinski definition) is 2. The molecular weight excluding hydrogens is 344 g/mol. The number of aromatic nitrogens is 2. The van der Waals surface area contributed by atoms with Crippen LogP contribution in [0.4, 0.5) is 5.13 Å². The number of furan rings is 1. The largest absolute Gasteiger partial charge is 0.467 e. The Morgan fingerprint density at radius 1 is 1.32 bits per heavy atom. The van der Waals surface area contributed by atoms with Gasteiger partial charge in [-0.2, -0.15) is 4.99 Å². The third-order valence-corrected chi connectivity index (χ3v) is 3.80. The lowest BCUT2D eigenvalue weighted by molar-refractivity contribution is -0.469. The third kappa shape index (κ3) is 3.93. The fraction of sp³-hybridized carbons (Fsp3) is 0.0667. The van der Waals surface area contributed by atoms with E-state index >= 15 is 0 Å². The molecule has 0 aromatic carbocycles. The molecule has 0 aliphatic heterocycles. The second-order valence-electron chi connectivity index (χ2n) is 4.90. The van der Waals surface area contributed by atoms with Crippen molar-refractivity contribution in [2.75, 3.05) is 0 Å². The lowest BCUT2D eigenvalue weighted by Crippen LogP contribution is -2.21. The first kappa shape index (κ1) is 16.5. The van der Waals surface area contributed by atoms with Crippen LogP contribution in [-0.2, 0) is 6.54 Å². The molecule has 1 amide bonds. The van der Waals surface area contributed by atoms with Gasteiger partial charge in [0, 0.05) is 22.7 Å². The number of rotatable bonds is 5. The van der Waals surface area contributed by atoms with Gasteiger partial charge in [-0.1, -0.05) is 0 Å². The second kappa shape index (κ2) is 7.01. The maximum absolute atomic E-state index is 12.0. The number of hydrogen-bond acceptors (Lipinski definition) is 7. The van der Waals surface area contributed by atoms with Gasteiger partial charge in [0.15, 0.2) is 17.5 Å². The number of thiazole rings is 1. The van der Waals surface area contributed by atoms with E-state index in [0.29, 0.717) is 27.1 Å². The summed E-state index contributed by atoms with van der Waals surface area (Å²) in [6.07, 6.45) is 2.86. The molecule has 0 saturated heterocycles. The summed E-state index contributed by atoms with van der Waals surface area (Å²) in [4.78, 5) is 35.9. The average molecular weight is 357 g/mol. The van der Waals surface area contributed by atoms with Crippen molar-refractivity contribution in [2.45, 2.75) is 6.54 Å². The van der Waals surface area contributed by atoms with Crippen LogP contribution in [0.25, 0.3) is 11.5 Å². The molecule has 3 rings (SSSR count). The minimum atomic E-state index is -0.685. The number of nitrogens with two attached hydrogens (primary N) is 2. The lowest BCUT2D eigenvalue weighted by Gasteiger charge is -1.92. The van der Waals surface area contributed by atoms with Gasteiger partial charge in [0.05, 0.1) is 4.76 Å². The molecule has 3 aromatic rings. The number of guanidine groups is 1. The van der Waals surface area contributed by atoms with Crippen LogP contribution in [0.1, 0.15) is 16.1 Å². The van der Waals surface area contributed by atoms with Gasteiger partial charge in [0.25, 0.3) is 6.54 Å². The standard InChI is InChI=1S/C15H13N6O3S/c16-14(17)20-15-19-11(8-25-15)12-4-3-10(24-12)7-21(23)13(22)9-2-1-5-18-6-9/h1-6,8H,7H2,(H4,16,17,19,20)/q+1. The summed E-state index contributed by atoms with van der Waals surface area (Å²) in [7, 11) is 0. The van der Waals surface area contributed by atoms with E-state index in [4.69, 9.17) is 15.9 Å². The fourth-order valence-electron chi connectivity index (χ4n) is 1.99. The van der Waals surface area contributed by atoms with Crippen molar-refractivity contribution in [1.82, 2.24) is 9.97 Å². The van der Waals surface area contributed by atoms with Crippen LogP contribution < -0.4 is 11.5 Å². The van der Waals surface area contributed by atoms with Crippen LogP contribution in [0.3, 0.4) is 0 Å². The van der Waals surface area contributed by atoms with Gasteiger partial charge in [0.2, 0.25) is 5.13 Å².